The Labute approximate surface area is 154 Å². The van der Waals surface area contributed by atoms with Gasteiger partial charge in [0.15, 0.2) is 0 Å². The quantitative estimate of drug-likeness (QED) is 0.740. The second kappa shape index (κ2) is 6.58. The van der Waals surface area contributed by atoms with Gasteiger partial charge in [0.25, 0.3) is 0 Å². The Bertz CT molecular complexity index is 901. The maximum atomic E-state index is 13.2. The summed E-state index contributed by atoms with van der Waals surface area (Å²) in [7, 11) is 0. The third kappa shape index (κ3) is 3.49. The highest BCUT2D eigenvalue weighted by Crippen LogP contribution is 2.35. The highest BCUT2D eigenvalue weighted by atomic mass is 19.1. The van der Waals surface area contributed by atoms with E-state index in [9.17, 15) is 4.39 Å². The van der Waals surface area contributed by atoms with Crippen LogP contribution in [0.1, 0.15) is 18.1 Å². The lowest BCUT2D eigenvalue weighted by molar-refractivity contribution is 0.438. The second-order valence-corrected chi connectivity index (χ2v) is 7.52. The van der Waals surface area contributed by atoms with E-state index in [1.54, 1.807) is 0 Å². The van der Waals surface area contributed by atoms with E-state index in [1.165, 1.54) is 28.9 Å². The number of hydrogen-bond acceptors (Lipinski definition) is 2. The SMILES string of the molecule is CC1(N)Cc2cc(-c3ccc(F)cc3)ccc2N(Cc2ccccc2)C1. The van der Waals surface area contributed by atoms with Gasteiger partial charge in [0.2, 0.25) is 0 Å². The third-order valence-electron chi connectivity index (χ3n) is 4.96. The molecule has 0 amide bonds. The van der Waals surface area contributed by atoms with Gasteiger partial charge in [0.05, 0.1) is 0 Å². The van der Waals surface area contributed by atoms with Crippen molar-refractivity contribution < 1.29 is 4.39 Å². The summed E-state index contributed by atoms with van der Waals surface area (Å²) >= 11 is 0. The van der Waals surface area contributed by atoms with Gasteiger partial charge in [-0.05, 0) is 59.9 Å². The fraction of sp³-hybridized carbons (Fsp3) is 0.217. The lowest BCUT2D eigenvalue weighted by Crippen LogP contribution is -2.52. The number of nitrogens with zero attached hydrogens (tertiary/aromatic N) is 1. The molecule has 0 aromatic heterocycles. The van der Waals surface area contributed by atoms with Crippen LogP contribution in [-0.2, 0) is 13.0 Å². The highest BCUT2D eigenvalue weighted by Gasteiger charge is 2.30. The van der Waals surface area contributed by atoms with Gasteiger partial charge in [-0.2, -0.15) is 0 Å². The molecule has 0 fully saturated rings. The van der Waals surface area contributed by atoms with Gasteiger partial charge in [-0.25, -0.2) is 4.39 Å². The Morgan fingerprint density at radius 3 is 2.38 bits per heavy atom. The molecule has 0 bridgehead atoms. The average Bonchev–Trinajstić information content (AvgIpc) is 2.62. The van der Waals surface area contributed by atoms with Crippen LogP contribution in [0.15, 0.2) is 72.8 Å². The monoisotopic (exact) mass is 346 g/mol. The minimum absolute atomic E-state index is 0.213. The second-order valence-electron chi connectivity index (χ2n) is 7.52. The van der Waals surface area contributed by atoms with Crippen LogP contribution in [0.5, 0.6) is 0 Å². The molecule has 0 saturated heterocycles. The zero-order valence-corrected chi connectivity index (χ0v) is 15.0. The number of rotatable bonds is 3. The first kappa shape index (κ1) is 16.8. The first-order valence-corrected chi connectivity index (χ1v) is 8.97. The average molecular weight is 346 g/mol. The van der Waals surface area contributed by atoms with Crippen LogP contribution in [-0.4, -0.2) is 12.1 Å². The van der Waals surface area contributed by atoms with E-state index in [4.69, 9.17) is 5.73 Å². The van der Waals surface area contributed by atoms with E-state index in [0.717, 1.165) is 30.6 Å². The van der Waals surface area contributed by atoms with Gasteiger partial charge >= 0.3 is 0 Å². The molecule has 3 aromatic rings. The Morgan fingerprint density at radius 1 is 0.962 bits per heavy atom. The van der Waals surface area contributed by atoms with Crippen molar-refractivity contribution in [3.8, 4) is 11.1 Å². The van der Waals surface area contributed by atoms with Gasteiger partial charge in [-0.3, -0.25) is 0 Å². The molecule has 0 aliphatic carbocycles. The summed E-state index contributed by atoms with van der Waals surface area (Å²) in [6.45, 7) is 3.78. The van der Waals surface area contributed by atoms with Crippen molar-refractivity contribution in [1.29, 1.82) is 0 Å². The minimum atomic E-state index is -0.275. The van der Waals surface area contributed by atoms with Crippen molar-refractivity contribution in [2.45, 2.75) is 25.4 Å². The molecule has 2 N–H and O–H groups in total. The fourth-order valence-electron chi connectivity index (χ4n) is 3.81. The van der Waals surface area contributed by atoms with E-state index in [-0.39, 0.29) is 11.4 Å². The lowest BCUT2D eigenvalue weighted by Gasteiger charge is -2.41. The number of hydrogen-bond donors (Lipinski definition) is 1. The Morgan fingerprint density at radius 2 is 1.65 bits per heavy atom. The molecule has 3 aromatic carbocycles. The fourth-order valence-corrected chi connectivity index (χ4v) is 3.81. The molecule has 0 saturated carbocycles. The van der Waals surface area contributed by atoms with Gasteiger partial charge in [-0.1, -0.05) is 48.5 Å². The van der Waals surface area contributed by atoms with Crippen molar-refractivity contribution in [3.05, 3.63) is 89.7 Å². The maximum Gasteiger partial charge on any atom is 0.123 e. The molecule has 2 nitrogen and oxygen atoms in total. The zero-order chi connectivity index (χ0) is 18.1. The first-order chi connectivity index (χ1) is 12.5. The Balaban J connectivity index is 1.70. The van der Waals surface area contributed by atoms with Crippen molar-refractivity contribution in [2.24, 2.45) is 5.73 Å². The molecule has 1 atom stereocenters. The maximum absolute atomic E-state index is 13.2. The van der Waals surface area contributed by atoms with Crippen molar-refractivity contribution in [3.63, 3.8) is 0 Å². The molecular formula is C23H23FN2. The van der Waals surface area contributed by atoms with Gasteiger partial charge in [-0.15, -0.1) is 0 Å². The first-order valence-electron chi connectivity index (χ1n) is 8.97. The van der Waals surface area contributed by atoms with Crippen LogP contribution in [0.25, 0.3) is 11.1 Å². The van der Waals surface area contributed by atoms with Gasteiger partial charge in [0.1, 0.15) is 5.82 Å². The van der Waals surface area contributed by atoms with Crippen LogP contribution in [0.2, 0.25) is 0 Å². The third-order valence-corrected chi connectivity index (χ3v) is 4.96. The Kier molecular flexibility index (Phi) is 4.25. The Hall–Kier alpha value is -2.65. The molecule has 0 radical (unpaired) electrons. The predicted molar refractivity (Wildman–Crippen MR) is 106 cm³/mol. The van der Waals surface area contributed by atoms with Gasteiger partial charge < -0.3 is 10.6 Å². The number of fused-ring (bicyclic) bond motifs is 1. The predicted octanol–water partition coefficient (Wildman–Crippen LogP) is 4.77. The number of benzene rings is 3. The molecule has 132 valence electrons. The van der Waals surface area contributed by atoms with Crippen molar-refractivity contribution in [2.75, 3.05) is 11.4 Å². The normalized spacial score (nSPS) is 19.3. The standard InChI is InChI=1S/C23H23FN2/c1-23(25)14-20-13-19(18-7-10-21(24)11-8-18)9-12-22(20)26(16-23)15-17-5-3-2-4-6-17/h2-13H,14-16,25H2,1H3. The summed E-state index contributed by atoms with van der Waals surface area (Å²) in [5.74, 6) is -0.213. The van der Waals surface area contributed by atoms with Gasteiger partial charge in [0, 0.05) is 24.3 Å². The topological polar surface area (TPSA) is 29.3 Å². The summed E-state index contributed by atoms with van der Waals surface area (Å²) < 4.78 is 13.2. The van der Waals surface area contributed by atoms with E-state index in [2.05, 4.69) is 54.3 Å². The van der Waals surface area contributed by atoms with E-state index in [1.807, 2.05) is 18.2 Å². The van der Waals surface area contributed by atoms with Crippen LogP contribution >= 0.6 is 0 Å². The summed E-state index contributed by atoms with van der Waals surface area (Å²) in [5.41, 5.74) is 12.2. The van der Waals surface area contributed by atoms with Crippen LogP contribution in [0.3, 0.4) is 0 Å². The number of halogens is 1. The summed E-state index contributed by atoms with van der Waals surface area (Å²) in [5, 5.41) is 0. The molecule has 1 aliphatic rings. The van der Waals surface area contributed by atoms with E-state index >= 15 is 0 Å². The molecule has 1 aliphatic heterocycles. The van der Waals surface area contributed by atoms with Crippen LogP contribution in [0, 0.1) is 5.82 Å². The molecule has 1 heterocycles. The summed E-state index contributed by atoms with van der Waals surface area (Å²) in [6, 6.07) is 23.6. The molecule has 1 unspecified atom stereocenters. The largest absolute Gasteiger partial charge is 0.365 e. The minimum Gasteiger partial charge on any atom is -0.365 e. The molecule has 4 rings (SSSR count). The number of nitrogens with two attached hydrogens (primary N) is 1. The van der Waals surface area contributed by atoms with Crippen LogP contribution in [0.4, 0.5) is 10.1 Å². The zero-order valence-electron chi connectivity index (χ0n) is 15.0. The lowest BCUT2D eigenvalue weighted by atomic mass is 9.86. The molecule has 26 heavy (non-hydrogen) atoms. The van der Waals surface area contributed by atoms with Crippen LogP contribution < -0.4 is 10.6 Å². The number of anilines is 1. The van der Waals surface area contributed by atoms with Crippen molar-refractivity contribution in [1.82, 2.24) is 0 Å². The smallest absolute Gasteiger partial charge is 0.123 e. The van der Waals surface area contributed by atoms with E-state index in [0.29, 0.717) is 0 Å². The van der Waals surface area contributed by atoms with E-state index < -0.39 is 0 Å². The molecule has 3 heteroatoms. The molecular weight excluding hydrogens is 323 g/mol. The molecule has 0 spiro atoms. The highest BCUT2D eigenvalue weighted by molar-refractivity contribution is 5.70. The summed E-state index contributed by atoms with van der Waals surface area (Å²) in [4.78, 5) is 2.36. The van der Waals surface area contributed by atoms with Crippen molar-refractivity contribution >= 4 is 5.69 Å². The summed E-state index contributed by atoms with van der Waals surface area (Å²) in [6.07, 6.45) is 0.836.